The van der Waals surface area contributed by atoms with Crippen molar-refractivity contribution < 1.29 is 18.8 Å². The molecule has 0 spiro atoms. The minimum atomic E-state index is -1.72. The molecule has 1 rings (SSSR count). The maximum Gasteiger partial charge on any atom is 0.491 e. The number of alkyl halides is 1. The smallest absolute Gasteiger partial charge is 0.423 e. The van der Waals surface area contributed by atoms with E-state index < -0.39 is 12.9 Å². The van der Waals surface area contributed by atoms with Crippen molar-refractivity contribution >= 4 is 12.6 Å². The molecule has 0 amide bonds. The minimum absolute atomic E-state index is 0.0949. The number of rotatable bonds is 1. The molecule has 0 saturated carbocycles. The summed E-state index contributed by atoms with van der Waals surface area (Å²) in [6.45, 7) is 0. The van der Waals surface area contributed by atoms with Gasteiger partial charge in [-0.25, -0.2) is 4.39 Å². The van der Waals surface area contributed by atoms with Gasteiger partial charge in [0.25, 0.3) is 0 Å². The van der Waals surface area contributed by atoms with E-state index in [4.69, 9.17) is 10.0 Å². The summed E-state index contributed by atoms with van der Waals surface area (Å²) in [7, 11) is -1.22. The third-order valence-corrected chi connectivity index (χ3v) is 1.18. The van der Waals surface area contributed by atoms with Gasteiger partial charge in [-0.2, -0.15) is 0 Å². The van der Waals surface area contributed by atoms with E-state index in [2.05, 4.69) is 0 Å². The first kappa shape index (κ1) is 11.1. The molecular weight excluding hydrogens is 165 g/mol. The third-order valence-electron chi connectivity index (χ3n) is 1.18. The molecule has 0 saturated heterocycles. The highest BCUT2D eigenvalue weighted by atomic mass is 19.1. The van der Waals surface area contributed by atoms with E-state index in [1.54, 1.807) is 0 Å². The van der Waals surface area contributed by atoms with E-state index >= 15 is 0 Å². The van der Waals surface area contributed by atoms with Crippen LogP contribution in [-0.2, 0) is 0 Å². The lowest BCUT2D eigenvalue weighted by Gasteiger charge is -1.98. The van der Waals surface area contributed by atoms with Gasteiger partial charge in [-0.1, -0.05) is 18.2 Å². The quantitative estimate of drug-likeness (QED) is 0.592. The Morgan fingerprint density at radius 2 is 1.67 bits per heavy atom. The van der Waals surface area contributed by atoms with E-state index in [0.29, 0.717) is 7.18 Å². The molecule has 2 N–H and O–H groups in total. The van der Waals surface area contributed by atoms with Gasteiger partial charge in [-0.05, 0) is 6.07 Å². The topological polar surface area (TPSA) is 40.5 Å². The number of hydrogen-bond donors (Lipinski definition) is 2. The van der Waals surface area contributed by atoms with Crippen molar-refractivity contribution in [1.82, 2.24) is 0 Å². The monoisotopic (exact) mass is 174 g/mol. The Bertz CT molecular complexity index is 230. The maximum absolute atomic E-state index is 12.5. The molecule has 1 aromatic carbocycles. The summed E-state index contributed by atoms with van der Waals surface area (Å²) >= 11 is 0. The zero-order valence-electron chi connectivity index (χ0n) is 6.54. The summed E-state index contributed by atoms with van der Waals surface area (Å²) in [5.41, 5.74) is -0.0949. The van der Waals surface area contributed by atoms with Crippen molar-refractivity contribution in [3.05, 3.63) is 30.1 Å². The molecule has 1 aromatic rings. The SMILES string of the molecule is CF.OB(O)c1ccccc1F. The summed E-state index contributed by atoms with van der Waals surface area (Å²) in [4.78, 5) is 0. The van der Waals surface area contributed by atoms with Crippen LogP contribution in [0.1, 0.15) is 0 Å². The highest BCUT2D eigenvalue weighted by molar-refractivity contribution is 6.58. The third kappa shape index (κ3) is 2.98. The number of hydrogen-bond acceptors (Lipinski definition) is 2. The van der Waals surface area contributed by atoms with Crippen LogP contribution in [0.2, 0.25) is 0 Å². The molecule has 12 heavy (non-hydrogen) atoms. The summed E-state index contributed by atoms with van der Waals surface area (Å²) in [5, 5.41) is 17.0. The molecule has 0 fully saturated rings. The summed E-state index contributed by atoms with van der Waals surface area (Å²) in [5.74, 6) is -0.600. The Balaban J connectivity index is 0.000000561. The number of halogens is 2. The van der Waals surface area contributed by atoms with Gasteiger partial charge in [0.2, 0.25) is 0 Å². The molecule has 0 radical (unpaired) electrons. The van der Waals surface area contributed by atoms with Gasteiger partial charge in [0.1, 0.15) is 5.82 Å². The largest absolute Gasteiger partial charge is 0.491 e. The number of benzene rings is 1. The predicted octanol–water partition coefficient (Wildman–Crippen LogP) is 0.0912. The zero-order chi connectivity index (χ0) is 9.56. The second-order valence-corrected chi connectivity index (χ2v) is 1.90. The Morgan fingerprint density at radius 1 is 1.17 bits per heavy atom. The van der Waals surface area contributed by atoms with Crippen molar-refractivity contribution in [2.75, 3.05) is 7.18 Å². The molecule has 0 aliphatic rings. The van der Waals surface area contributed by atoms with Gasteiger partial charge < -0.3 is 10.0 Å². The van der Waals surface area contributed by atoms with Crippen LogP contribution < -0.4 is 5.46 Å². The normalized spacial score (nSPS) is 8.42. The van der Waals surface area contributed by atoms with Gasteiger partial charge in [0.05, 0.1) is 7.18 Å². The summed E-state index contributed by atoms with van der Waals surface area (Å²) in [6, 6.07) is 5.52. The highest BCUT2D eigenvalue weighted by Gasteiger charge is 2.14. The standard InChI is InChI=1S/C6H6BFO2.CH3F/c8-6-4-2-1-3-5(6)7(9)10;1-2/h1-4,9-10H;1H3. The van der Waals surface area contributed by atoms with Crippen LogP contribution in [0.25, 0.3) is 0 Å². The first-order valence-electron chi connectivity index (χ1n) is 3.20. The Labute approximate surface area is 69.6 Å². The molecule has 0 heterocycles. The Kier molecular flexibility index (Phi) is 5.24. The molecule has 0 aliphatic heterocycles. The summed E-state index contributed by atoms with van der Waals surface area (Å²) in [6.07, 6.45) is 0. The average Bonchev–Trinajstić information content (AvgIpc) is 2.08. The van der Waals surface area contributed by atoms with Crippen molar-refractivity contribution in [1.29, 1.82) is 0 Å². The van der Waals surface area contributed by atoms with E-state index in [-0.39, 0.29) is 5.46 Å². The fourth-order valence-corrected chi connectivity index (χ4v) is 0.684. The Hall–Kier alpha value is -0.935. The molecular formula is C7H9BF2O2. The van der Waals surface area contributed by atoms with Crippen molar-refractivity contribution in [2.24, 2.45) is 0 Å². The highest BCUT2D eigenvalue weighted by Crippen LogP contribution is 1.92. The molecule has 66 valence electrons. The first-order chi connectivity index (χ1) is 5.72. The van der Waals surface area contributed by atoms with E-state index in [1.165, 1.54) is 24.3 Å². The van der Waals surface area contributed by atoms with Gasteiger partial charge in [0, 0.05) is 5.46 Å². The maximum atomic E-state index is 12.5. The minimum Gasteiger partial charge on any atom is -0.423 e. The molecule has 5 heteroatoms. The zero-order valence-corrected chi connectivity index (χ0v) is 6.54. The van der Waals surface area contributed by atoms with Crippen LogP contribution in [-0.4, -0.2) is 24.3 Å². The first-order valence-corrected chi connectivity index (χ1v) is 3.20. The van der Waals surface area contributed by atoms with Crippen molar-refractivity contribution in [2.45, 2.75) is 0 Å². The second-order valence-electron chi connectivity index (χ2n) is 1.90. The van der Waals surface area contributed by atoms with Crippen LogP contribution in [0.5, 0.6) is 0 Å². The van der Waals surface area contributed by atoms with Crippen molar-refractivity contribution in [3.8, 4) is 0 Å². The van der Waals surface area contributed by atoms with Crippen molar-refractivity contribution in [3.63, 3.8) is 0 Å². The van der Waals surface area contributed by atoms with Gasteiger partial charge in [-0.3, -0.25) is 4.39 Å². The molecule has 0 unspecified atom stereocenters. The van der Waals surface area contributed by atoms with Crippen LogP contribution in [0, 0.1) is 5.82 Å². The van der Waals surface area contributed by atoms with E-state index in [9.17, 15) is 8.78 Å². The lowest BCUT2D eigenvalue weighted by molar-refractivity contribution is 0.423. The fourth-order valence-electron chi connectivity index (χ4n) is 0.684. The fraction of sp³-hybridized carbons (Fsp3) is 0.143. The Morgan fingerprint density at radius 3 is 2.00 bits per heavy atom. The predicted molar refractivity (Wildman–Crippen MR) is 43.3 cm³/mol. The lowest BCUT2D eigenvalue weighted by Crippen LogP contribution is -2.32. The second kappa shape index (κ2) is 5.68. The molecule has 0 atom stereocenters. The van der Waals surface area contributed by atoms with Crippen LogP contribution in [0.4, 0.5) is 8.78 Å². The average molecular weight is 174 g/mol. The van der Waals surface area contributed by atoms with Crippen LogP contribution in [0.15, 0.2) is 24.3 Å². The lowest BCUT2D eigenvalue weighted by atomic mass is 9.80. The van der Waals surface area contributed by atoms with Crippen LogP contribution in [0.3, 0.4) is 0 Å². The molecule has 0 bridgehead atoms. The van der Waals surface area contributed by atoms with E-state index in [0.717, 1.165) is 0 Å². The van der Waals surface area contributed by atoms with E-state index in [1.807, 2.05) is 0 Å². The molecule has 2 nitrogen and oxygen atoms in total. The van der Waals surface area contributed by atoms with Gasteiger partial charge in [-0.15, -0.1) is 0 Å². The van der Waals surface area contributed by atoms with Gasteiger partial charge >= 0.3 is 7.12 Å². The van der Waals surface area contributed by atoms with Crippen LogP contribution >= 0.6 is 0 Å². The molecule has 0 aliphatic carbocycles. The van der Waals surface area contributed by atoms with Gasteiger partial charge in [0.15, 0.2) is 0 Å². The summed E-state index contributed by atoms with van der Waals surface area (Å²) < 4.78 is 22.0. The molecule has 0 aromatic heterocycles.